The van der Waals surface area contributed by atoms with Crippen LogP contribution >= 0.6 is 22.7 Å². The number of carboxylic acid groups (broad SMARTS) is 1. The Hall–Kier alpha value is -3.30. The van der Waals surface area contributed by atoms with Crippen molar-refractivity contribution in [2.75, 3.05) is 11.2 Å². The van der Waals surface area contributed by atoms with E-state index in [-0.39, 0.29) is 10.7 Å². The minimum absolute atomic E-state index is 0.0980. The van der Waals surface area contributed by atoms with Crippen molar-refractivity contribution in [2.24, 2.45) is 5.10 Å². The van der Waals surface area contributed by atoms with Crippen LogP contribution in [0.1, 0.15) is 34.5 Å². The Morgan fingerprint density at radius 2 is 2.00 bits per heavy atom. The lowest BCUT2D eigenvalue weighted by Gasteiger charge is -2.18. The van der Waals surface area contributed by atoms with Crippen molar-refractivity contribution in [2.45, 2.75) is 19.3 Å². The second-order valence-corrected chi connectivity index (χ2v) is 8.98. The van der Waals surface area contributed by atoms with Crippen LogP contribution in [-0.2, 0) is 6.42 Å². The Labute approximate surface area is 179 Å². The number of fused-ring (bicyclic) bond motifs is 2. The second kappa shape index (κ2) is 7.51. The van der Waals surface area contributed by atoms with Crippen molar-refractivity contribution in [3.63, 3.8) is 0 Å². The first-order valence-corrected chi connectivity index (χ1v) is 11.0. The molecule has 2 aromatic carbocycles. The van der Waals surface area contributed by atoms with Gasteiger partial charge >= 0.3 is 5.97 Å². The van der Waals surface area contributed by atoms with Crippen molar-refractivity contribution in [3.8, 4) is 10.6 Å². The Bertz CT molecular complexity index is 1270. The summed E-state index contributed by atoms with van der Waals surface area (Å²) in [5, 5.41) is 15.4. The summed E-state index contributed by atoms with van der Waals surface area (Å²) < 4.78 is 1.11. The van der Waals surface area contributed by atoms with Crippen LogP contribution in [0.2, 0.25) is 0 Å². The Morgan fingerprint density at radius 3 is 2.80 bits per heavy atom. The summed E-state index contributed by atoms with van der Waals surface area (Å²) in [6.45, 7) is 0. The largest absolute Gasteiger partial charge is 0.476 e. The number of aryl methyl sites for hydroxylation is 1. The first-order chi connectivity index (χ1) is 14.6. The molecule has 0 amide bonds. The lowest BCUT2D eigenvalue weighted by molar-refractivity contribution is 0.0692. The number of anilines is 2. The van der Waals surface area contributed by atoms with Gasteiger partial charge in [0, 0.05) is 11.1 Å². The number of nitrogens with two attached hydrogens (primary N) is 1. The van der Waals surface area contributed by atoms with Gasteiger partial charge in [0.1, 0.15) is 10.0 Å². The summed E-state index contributed by atoms with van der Waals surface area (Å²) in [5.74, 6) is -1.12. The summed E-state index contributed by atoms with van der Waals surface area (Å²) in [6.07, 6.45) is 2.87. The molecule has 0 atom stereocenters. The number of carboxylic acids is 1. The van der Waals surface area contributed by atoms with Crippen LogP contribution in [0.4, 0.5) is 10.1 Å². The molecule has 0 aliphatic heterocycles. The molecular formula is C21H17N5O2S2. The van der Waals surface area contributed by atoms with E-state index in [2.05, 4.69) is 26.6 Å². The fourth-order valence-electron chi connectivity index (χ4n) is 3.54. The highest BCUT2D eigenvalue weighted by atomic mass is 32.1. The number of nitrogens with zero attached hydrogens (tertiary/aromatic N) is 3. The predicted molar refractivity (Wildman–Crippen MR) is 122 cm³/mol. The molecule has 150 valence electrons. The number of thiazole rings is 2. The van der Waals surface area contributed by atoms with E-state index in [4.69, 9.17) is 5.73 Å². The number of rotatable bonds is 4. The molecule has 9 heteroatoms. The van der Waals surface area contributed by atoms with E-state index in [0.29, 0.717) is 5.01 Å². The van der Waals surface area contributed by atoms with Gasteiger partial charge in [0.15, 0.2) is 5.69 Å². The molecule has 7 nitrogen and oxygen atoms in total. The first kappa shape index (κ1) is 18.7. The minimum Gasteiger partial charge on any atom is -0.476 e. The number of hydrazone groups is 1. The maximum absolute atomic E-state index is 11.3. The number of nitrogen functional groups attached to an aromatic ring is 1. The SMILES string of the molecule is Nc1sc(-c2ccc3c(c2)/C(=N/Nc2nc4ccccc4s2)CCC3)nc1C(=O)O. The molecule has 0 unspecified atom stereocenters. The second-order valence-electron chi connectivity index (χ2n) is 6.92. The number of hydrogen-bond donors (Lipinski definition) is 3. The molecule has 2 heterocycles. The Morgan fingerprint density at radius 1 is 1.13 bits per heavy atom. The average Bonchev–Trinajstić information content (AvgIpc) is 3.35. The molecule has 0 fully saturated rings. The summed E-state index contributed by atoms with van der Waals surface area (Å²) in [6, 6.07) is 14.0. The standard InChI is InChI=1S/C21H17N5O2S2/c22-18-17(20(27)28)24-19(30-18)12-9-8-11-4-3-6-14(13(11)10-12)25-26-21-23-15-5-1-2-7-16(15)29-21/h1-2,5,7-10H,3-4,6,22H2,(H,23,26)(H,27,28)/b25-14+. The number of aromatic nitrogens is 2. The number of hydrogen-bond acceptors (Lipinski definition) is 8. The molecule has 2 aromatic heterocycles. The van der Waals surface area contributed by atoms with E-state index in [1.165, 1.54) is 16.9 Å². The summed E-state index contributed by atoms with van der Waals surface area (Å²) in [7, 11) is 0. The van der Waals surface area contributed by atoms with Crippen molar-refractivity contribution in [1.82, 2.24) is 9.97 Å². The van der Waals surface area contributed by atoms with Gasteiger partial charge in [-0.15, -0.1) is 0 Å². The van der Waals surface area contributed by atoms with Crippen molar-refractivity contribution in [1.29, 1.82) is 0 Å². The van der Waals surface area contributed by atoms with Crippen molar-refractivity contribution >= 4 is 54.7 Å². The molecule has 5 rings (SSSR count). The third kappa shape index (κ3) is 3.42. The normalized spacial score (nSPS) is 14.7. The monoisotopic (exact) mass is 435 g/mol. The van der Waals surface area contributed by atoms with E-state index in [1.54, 1.807) is 11.3 Å². The van der Waals surface area contributed by atoms with Crippen LogP contribution in [-0.4, -0.2) is 26.8 Å². The molecule has 0 radical (unpaired) electrons. The van der Waals surface area contributed by atoms with Crippen LogP contribution in [0, 0.1) is 0 Å². The fraction of sp³-hybridized carbons (Fsp3) is 0.143. The van der Waals surface area contributed by atoms with Gasteiger partial charge in [-0.25, -0.2) is 14.8 Å². The van der Waals surface area contributed by atoms with Gasteiger partial charge in [0.25, 0.3) is 0 Å². The van der Waals surface area contributed by atoms with E-state index >= 15 is 0 Å². The van der Waals surface area contributed by atoms with Crippen LogP contribution in [0.15, 0.2) is 47.6 Å². The quantitative estimate of drug-likeness (QED) is 0.395. The predicted octanol–water partition coefficient (Wildman–Crippen LogP) is 4.85. The van der Waals surface area contributed by atoms with Gasteiger partial charge in [0.2, 0.25) is 5.13 Å². The lowest BCUT2D eigenvalue weighted by atomic mass is 9.89. The fourth-order valence-corrected chi connectivity index (χ4v) is 5.17. The summed E-state index contributed by atoms with van der Waals surface area (Å²) in [5.41, 5.74) is 13.9. The third-order valence-corrected chi connectivity index (χ3v) is 6.84. The third-order valence-electron chi connectivity index (χ3n) is 4.96. The number of nitrogens with one attached hydrogen (secondary N) is 1. The summed E-state index contributed by atoms with van der Waals surface area (Å²) in [4.78, 5) is 20.0. The van der Waals surface area contributed by atoms with Gasteiger partial charge in [0.05, 0.1) is 15.9 Å². The molecule has 4 aromatic rings. The molecular weight excluding hydrogens is 418 g/mol. The molecule has 0 saturated carbocycles. The van der Waals surface area contributed by atoms with Crippen molar-refractivity contribution in [3.05, 3.63) is 59.3 Å². The van der Waals surface area contributed by atoms with Crippen LogP contribution in [0.5, 0.6) is 0 Å². The van der Waals surface area contributed by atoms with Gasteiger partial charge in [-0.1, -0.05) is 46.9 Å². The van der Waals surface area contributed by atoms with E-state index in [0.717, 1.165) is 51.4 Å². The number of carbonyl (C=O) groups is 1. The maximum atomic E-state index is 11.3. The van der Waals surface area contributed by atoms with Gasteiger partial charge in [-0.3, -0.25) is 5.43 Å². The topological polar surface area (TPSA) is 113 Å². The van der Waals surface area contributed by atoms with Gasteiger partial charge < -0.3 is 10.8 Å². The molecule has 0 saturated heterocycles. The highest BCUT2D eigenvalue weighted by molar-refractivity contribution is 7.22. The van der Waals surface area contributed by atoms with E-state index < -0.39 is 5.97 Å². The van der Waals surface area contributed by atoms with Crippen LogP contribution < -0.4 is 11.2 Å². The molecule has 4 N–H and O–H groups in total. The lowest BCUT2D eigenvalue weighted by Crippen LogP contribution is -2.13. The number of para-hydroxylation sites is 1. The number of aromatic carboxylic acids is 1. The Kier molecular flexibility index (Phi) is 4.68. The zero-order chi connectivity index (χ0) is 20.7. The van der Waals surface area contributed by atoms with E-state index in [1.807, 2.05) is 36.4 Å². The molecule has 0 spiro atoms. The molecule has 30 heavy (non-hydrogen) atoms. The highest BCUT2D eigenvalue weighted by Crippen LogP contribution is 2.33. The average molecular weight is 436 g/mol. The highest BCUT2D eigenvalue weighted by Gasteiger charge is 2.20. The number of benzene rings is 2. The van der Waals surface area contributed by atoms with Crippen LogP contribution in [0.3, 0.4) is 0 Å². The maximum Gasteiger partial charge on any atom is 0.357 e. The molecule has 1 aliphatic rings. The van der Waals surface area contributed by atoms with Crippen molar-refractivity contribution < 1.29 is 9.90 Å². The first-order valence-electron chi connectivity index (χ1n) is 9.40. The van der Waals surface area contributed by atoms with Crippen LogP contribution in [0.25, 0.3) is 20.8 Å². The zero-order valence-corrected chi connectivity index (χ0v) is 17.4. The molecule has 1 aliphatic carbocycles. The van der Waals surface area contributed by atoms with E-state index in [9.17, 15) is 9.90 Å². The smallest absolute Gasteiger partial charge is 0.357 e. The van der Waals surface area contributed by atoms with Gasteiger partial charge in [-0.05, 0) is 43.0 Å². The minimum atomic E-state index is -1.12. The zero-order valence-electron chi connectivity index (χ0n) is 15.8. The van der Waals surface area contributed by atoms with Gasteiger partial charge in [-0.2, -0.15) is 5.10 Å². The molecule has 0 bridgehead atoms. The Balaban J connectivity index is 1.48. The summed E-state index contributed by atoms with van der Waals surface area (Å²) >= 11 is 2.75.